The third-order valence-corrected chi connectivity index (χ3v) is 4.85. The van der Waals surface area contributed by atoms with Crippen molar-refractivity contribution < 1.29 is 13.5 Å². The van der Waals surface area contributed by atoms with Gasteiger partial charge >= 0.3 is 0 Å². The smallest absolute Gasteiger partial charge is 0.282 e. The average Bonchev–Trinajstić information content (AvgIpc) is 2.28. The molecule has 0 saturated carbocycles. The number of nitrogens with zero attached hydrogens (tertiary/aromatic N) is 2. The molecular weight excluding hydrogens is 240 g/mol. The van der Waals surface area contributed by atoms with Gasteiger partial charge in [0.1, 0.15) is 0 Å². The van der Waals surface area contributed by atoms with Gasteiger partial charge < -0.3 is 5.11 Å². The minimum Gasteiger partial charge on any atom is -0.396 e. The topological polar surface area (TPSA) is 60.9 Å². The van der Waals surface area contributed by atoms with Crippen LogP contribution in [0.25, 0.3) is 0 Å². The molecule has 1 rings (SSSR count). The normalized spacial score (nSPS) is 22.9. The van der Waals surface area contributed by atoms with Crippen molar-refractivity contribution in [3.8, 4) is 0 Å². The van der Waals surface area contributed by atoms with Crippen LogP contribution in [0.4, 0.5) is 0 Å². The minimum absolute atomic E-state index is 0.0518. The molecule has 100 valence electrons. The quantitative estimate of drug-likeness (QED) is 0.732. The van der Waals surface area contributed by atoms with E-state index >= 15 is 0 Å². The summed E-state index contributed by atoms with van der Waals surface area (Å²) in [4.78, 5) is 0. The minimum atomic E-state index is -3.41. The maximum absolute atomic E-state index is 12.2. The molecule has 0 aromatic heterocycles. The van der Waals surface area contributed by atoms with Gasteiger partial charge in [-0.3, -0.25) is 0 Å². The lowest BCUT2D eigenvalue weighted by Crippen LogP contribution is -2.47. The summed E-state index contributed by atoms with van der Waals surface area (Å²) in [5, 5.41) is 9.11. The highest BCUT2D eigenvalue weighted by Gasteiger charge is 2.31. The summed E-state index contributed by atoms with van der Waals surface area (Å²) in [6.45, 7) is 6.87. The number of aliphatic hydroxyl groups excluding tert-OH is 1. The van der Waals surface area contributed by atoms with Crippen molar-refractivity contribution in [1.29, 1.82) is 0 Å². The van der Waals surface area contributed by atoms with Gasteiger partial charge in [-0.2, -0.15) is 17.0 Å². The van der Waals surface area contributed by atoms with Crippen LogP contribution in [0.2, 0.25) is 0 Å². The molecule has 1 aliphatic rings. The third kappa shape index (κ3) is 3.77. The Morgan fingerprint density at radius 2 is 2.24 bits per heavy atom. The Morgan fingerprint density at radius 3 is 2.76 bits per heavy atom. The lowest BCUT2D eigenvalue weighted by atomic mass is 10.0. The number of likely N-dealkylation sites (N-methyl/N-ethyl adjacent to an activating group) is 1. The van der Waals surface area contributed by atoms with Crippen LogP contribution in [-0.4, -0.2) is 55.4 Å². The second kappa shape index (κ2) is 5.95. The average molecular weight is 262 g/mol. The molecule has 0 radical (unpaired) electrons. The molecule has 1 fully saturated rings. The van der Waals surface area contributed by atoms with E-state index in [-0.39, 0.29) is 12.5 Å². The summed E-state index contributed by atoms with van der Waals surface area (Å²) in [5.41, 5.74) is 0.812. The number of rotatable bonds is 5. The number of piperidine rings is 1. The number of hydrogen-bond acceptors (Lipinski definition) is 3. The Labute approximate surface area is 104 Å². The molecule has 1 unspecified atom stereocenters. The number of aliphatic hydroxyl groups is 1. The molecule has 0 aromatic carbocycles. The highest BCUT2D eigenvalue weighted by molar-refractivity contribution is 7.86. The highest BCUT2D eigenvalue weighted by atomic mass is 32.2. The van der Waals surface area contributed by atoms with Gasteiger partial charge in [-0.05, 0) is 25.7 Å². The van der Waals surface area contributed by atoms with E-state index in [1.807, 2.05) is 0 Å². The molecule has 1 heterocycles. The monoisotopic (exact) mass is 262 g/mol. The van der Waals surface area contributed by atoms with Gasteiger partial charge in [0, 0.05) is 33.3 Å². The van der Waals surface area contributed by atoms with E-state index < -0.39 is 10.2 Å². The fourth-order valence-electron chi connectivity index (χ4n) is 2.04. The summed E-state index contributed by atoms with van der Waals surface area (Å²) in [5.74, 6) is 0.0664. The fourth-order valence-corrected chi connectivity index (χ4v) is 3.58. The molecule has 17 heavy (non-hydrogen) atoms. The van der Waals surface area contributed by atoms with Crippen LogP contribution >= 0.6 is 0 Å². The molecule has 0 aliphatic carbocycles. The predicted octanol–water partition coefficient (Wildman–Crippen LogP) is 0.443. The predicted molar refractivity (Wildman–Crippen MR) is 67.7 cm³/mol. The molecule has 0 amide bonds. The van der Waals surface area contributed by atoms with E-state index in [1.54, 1.807) is 14.0 Å². The Bertz CT molecular complexity index is 367. The van der Waals surface area contributed by atoms with E-state index in [1.165, 1.54) is 8.61 Å². The van der Waals surface area contributed by atoms with E-state index in [4.69, 9.17) is 5.11 Å². The summed E-state index contributed by atoms with van der Waals surface area (Å²) in [7, 11) is -1.84. The Balaban J connectivity index is 2.72. The van der Waals surface area contributed by atoms with Gasteiger partial charge in [0.15, 0.2) is 0 Å². The van der Waals surface area contributed by atoms with Gasteiger partial charge in [0.05, 0.1) is 0 Å². The van der Waals surface area contributed by atoms with Gasteiger partial charge in [0.25, 0.3) is 10.2 Å². The van der Waals surface area contributed by atoms with Crippen LogP contribution in [-0.2, 0) is 10.2 Å². The summed E-state index contributed by atoms with van der Waals surface area (Å²) in [6.07, 6.45) is 1.71. The molecule has 0 spiro atoms. The molecule has 1 saturated heterocycles. The zero-order valence-electron chi connectivity index (χ0n) is 10.6. The van der Waals surface area contributed by atoms with E-state index in [9.17, 15) is 8.42 Å². The van der Waals surface area contributed by atoms with Crippen LogP contribution in [0, 0.1) is 5.92 Å². The van der Waals surface area contributed by atoms with Crippen LogP contribution in [0.5, 0.6) is 0 Å². The van der Waals surface area contributed by atoms with Crippen LogP contribution in [0.3, 0.4) is 0 Å². The largest absolute Gasteiger partial charge is 0.396 e. The van der Waals surface area contributed by atoms with Crippen molar-refractivity contribution in [2.24, 2.45) is 5.92 Å². The Hall–Kier alpha value is -0.430. The molecule has 1 N–H and O–H groups in total. The van der Waals surface area contributed by atoms with E-state index in [0.29, 0.717) is 19.6 Å². The third-order valence-electron chi connectivity index (χ3n) is 2.95. The molecule has 1 atom stereocenters. The fraction of sp³-hybridized carbons (Fsp3) is 0.818. The van der Waals surface area contributed by atoms with Crippen LogP contribution in [0.15, 0.2) is 12.2 Å². The molecule has 5 nitrogen and oxygen atoms in total. The first-order chi connectivity index (χ1) is 7.87. The standard InChI is InChI=1S/C11H22N2O3S/c1-10(2)7-12(3)17(15,16)13-6-4-5-11(8-13)9-14/h11,14H,1,4-9H2,2-3H3. The van der Waals surface area contributed by atoms with E-state index in [2.05, 4.69) is 6.58 Å². The Morgan fingerprint density at radius 1 is 1.59 bits per heavy atom. The van der Waals surface area contributed by atoms with Crippen LogP contribution in [0.1, 0.15) is 19.8 Å². The van der Waals surface area contributed by atoms with Gasteiger partial charge in [0.2, 0.25) is 0 Å². The van der Waals surface area contributed by atoms with Crippen molar-refractivity contribution in [2.75, 3.05) is 33.3 Å². The summed E-state index contributed by atoms with van der Waals surface area (Å²) < 4.78 is 27.2. The van der Waals surface area contributed by atoms with Crippen molar-refractivity contribution in [1.82, 2.24) is 8.61 Å². The maximum Gasteiger partial charge on any atom is 0.282 e. The summed E-state index contributed by atoms with van der Waals surface area (Å²) in [6, 6.07) is 0. The summed E-state index contributed by atoms with van der Waals surface area (Å²) >= 11 is 0. The van der Waals surface area contributed by atoms with Crippen molar-refractivity contribution in [3.63, 3.8) is 0 Å². The second-order valence-corrected chi connectivity index (χ2v) is 6.81. The van der Waals surface area contributed by atoms with Crippen molar-refractivity contribution >= 4 is 10.2 Å². The van der Waals surface area contributed by atoms with Gasteiger partial charge in [-0.25, -0.2) is 0 Å². The zero-order valence-corrected chi connectivity index (χ0v) is 11.4. The highest BCUT2D eigenvalue weighted by Crippen LogP contribution is 2.20. The van der Waals surface area contributed by atoms with Crippen molar-refractivity contribution in [3.05, 3.63) is 12.2 Å². The van der Waals surface area contributed by atoms with Gasteiger partial charge in [-0.1, -0.05) is 12.2 Å². The lowest BCUT2D eigenvalue weighted by molar-refractivity contribution is 0.162. The first-order valence-corrected chi connectivity index (χ1v) is 7.24. The first-order valence-electron chi connectivity index (χ1n) is 5.84. The maximum atomic E-state index is 12.2. The SMILES string of the molecule is C=C(C)CN(C)S(=O)(=O)N1CCCC(CO)C1. The molecule has 0 aromatic rings. The number of hydrogen-bond donors (Lipinski definition) is 1. The lowest BCUT2D eigenvalue weighted by Gasteiger charge is -2.33. The Kier molecular flexibility index (Phi) is 5.12. The van der Waals surface area contributed by atoms with Crippen LogP contribution < -0.4 is 0 Å². The van der Waals surface area contributed by atoms with Crippen molar-refractivity contribution in [2.45, 2.75) is 19.8 Å². The molecular formula is C11H22N2O3S. The first kappa shape index (κ1) is 14.6. The van der Waals surface area contributed by atoms with Gasteiger partial charge in [-0.15, -0.1) is 0 Å². The molecule has 1 aliphatic heterocycles. The molecule has 0 bridgehead atoms. The van der Waals surface area contributed by atoms with E-state index in [0.717, 1.165) is 18.4 Å². The zero-order chi connectivity index (χ0) is 13.1. The second-order valence-electron chi connectivity index (χ2n) is 4.77. The molecule has 6 heteroatoms.